The molecule has 1 aromatic carbocycles. The highest BCUT2D eigenvalue weighted by molar-refractivity contribution is 8.13. The van der Waals surface area contributed by atoms with E-state index in [-0.39, 0.29) is 5.24 Å². The van der Waals surface area contributed by atoms with E-state index in [2.05, 4.69) is 0 Å². The van der Waals surface area contributed by atoms with Crippen LogP contribution in [0.25, 0.3) is 0 Å². The molecule has 1 rings (SSSR count). The van der Waals surface area contributed by atoms with Crippen molar-refractivity contribution in [3.8, 4) is 5.75 Å². The molecular formula is C8H10N2O2S. The summed E-state index contributed by atoms with van der Waals surface area (Å²) in [5, 5.41) is -0.287. The monoisotopic (exact) mass is 198 g/mol. The largest absolute Gasteiger partial charge is 0.497 e. The Hall–Kier alpha value is -1.20. The van der Waals surface area contributed by atoms with E-state index < -0.39 is 0 Å². The van der Waals surface area contributed by atoms with Crippen LogP contribution in [-0.4, -0.2) is 12.3 Å². The molecule has 13 heavy (non-hydrogen) atoms. The maximum absolute atomic E-state index is 10.8. The average Bonchev–Trinajstić information content (AvgIpc) is 2.19. The van der Waals surface area contributed by atoms with Gasteiger partial charge in [0, 0.05) is 4.90 Å². The first-order chi connectivity index (χ1) is 6.26. The van der Waals surface area contributed by atoms with Crippen LogP contribution >= 0.6 is 11.8 Å². The lowest BCUT2D eigenvalue weighted by Crippen LogP contribution is -2.25. The lowest BCUT2D eigenvalue weighted by atomic mass is 10.3. The van der Waals surface area contributed by atoms with Gasteiger partial charge in [0.05, 0.1) is 7.11 Å². The Labute approximate surface area is 80.4 Å². The van der Waals surface area contributed by atoms with Gasteiger partial charge in [0.25, 0.3) is 5.24 Å². The minimum atomic E-state index is -0.287. The summed E-state index contributed by atoms with van der Waals surface area (Å²) in [6.07, 6.45) is 0. The molecule has 0 aliphatic carbocycles. The van der Waals surface area contributed by atoms with Crippen LogP contribution < -0.4 is 16.0 Å². The highest BCUT2D eigenvalue weighted by Crippen LogP contribution is 2.21. The topological polar surface area (TPSA) is 64.3 Å². The van der Waals surface area contributed by atoms with Crippen LogP contribution in [0.4, 0.5) is 4.79 Å². The van der Waals surface area contributed by atoms with Gasteiger partial charge in [-0.2, -0.15) is 0 Å². The Kier molecular flexibility index (Phi) is 3.60. The van der Waals surface area contributed by atoms with Crippen LogP contribution in [0.2, 0.25) is 0 Å². The van der Waals surface area contributed by atoms with Crippen molar-refractivity contribution in [2.24, 2.45) is 5.84 Å². The Morgan fingerprint density at radius 2 is 2.08 bits per heavy atom. The average molecular weight is 198 g/mol. The van der Waals surface area contributed by atoms with E-state index in [0.29, 0.717) is 0 Å². The van der Waals surface area contributed by atoms with Gasteiger partial charge in [-0.05, 0) is 36.0 Å². The highest BCUT2D eigenvalue weighted by Gasteiger charge is 2.01. The summed E-state index contributed by atoms with van der Waals surface area (Å²) >= 11 is 1.03. The van der Waals surface area contributed by atoms with Gasteiger partial charge in [-0.25, -0.2) is 5.84 Å². The lowest BCUT2D eigenvalue weighted by molar-refractivity contribution is 0.261. The molecule has 1 amide bonds. The van der Waals surface area contributed by atoms with Crippen molar-refractivity contribution in [2.75, 3.05) is 7.11 Å². The number of ether oxygens (including phenoxy) is 1. The number of hydrogen-bond donors (Lipinski definition) is 2. The molecule has 4 nitrogen and oxygen atoms in total. The molecule has 0 spiro atoms. The molecule has 0 radical (unpaired) electrons. The van der Waals surface area contributed by atoms with Crippen LogP contribution in [0, 0.1) is 0 Å². The Bertz CT molecular complexity index is 287. The minimum absolute atomic E-state index is 0.287. The third-order valence-corrected chi connectivity index (χ3v) is 2.20. The van der Waals surface area contributed by atoms with Crippen molar-refractivity contribution in [1.82, 2.24) is 5.43 Å². The number of hydrazine groups is 1. The number of thioether (sulfide) groups is 1. The van der Waals surface area contributed by atoms with Gasteiger partial charge in [-0.15, -0.1) is 0 Å². The molecule has 0 aliphatic rings. The molecule has 0 saturated carbocycles. The van der Waals surface area contributed by atoms with Gasteiger partial charge in [-0.3, -0.25) is 10.2 Å². The SMILES string of the molecule is COc1ccc(SC(=O)NN)cc1. The fourth-order valence-electron chi connectivity index (χ4n) is 0.780. The van der Waals surface area contributed by atoms with E-state index in [9.17, 15) is 4.79 Å². The van der Waals surface area contributed by atoms with Gasteiger partial charge in [0.2, 0.25) is 0 Å². The summed E-state index contributed by atoms with van der Waals surface area (Å²) < 4.78 is 4.97. The molecule has 1 aromatic rings. The predicted octanol–water partition coefficient (Wildman–Crippen LogP) is 1.37. The summed E-state index contributed by atoms with van der Waals surface area (Å²) in [7, 11) is 1.59. The summed E-state index contributed by atoms with van der Waals surface area (Å²) in [4.78, 5) is 11.7. The zero-order valence-corrected chi connectivity index (χ0v) is 7.93. The van der Waals surface area contributed by atoms with Crippen LogP contribution in [0.3, 0.4) is 0 Å². The molecule has 3 N–H and O–H groups in total. The maximum Gasteiger partial charge on any atom is 0.297 e. The summed E-state index contributed by atoms with van der Waals surface area (Å²) in [5.41, 5.74) is 2.03. The summed E-state index contributed by atoms with van der Waals surface area (Å²) in [5.74, 6) is 5.69. The fourth-order valence-corrected chi connectivity index (χ4v) is 1.33. The number of hydrogen-bond acceptors (Lipinski definition) is 4. The standard InChI is InChI=1S/C8H10N2O2S/c1-12-6-2-4-7(5-3-6)13-8(11)10-9/h2-5H,9H2,1H3,(H,10,11). The predicted molar refractivity (Wildman–Crippen MR) is 51.6 cm³/mol. The fraction of sp³-hybridized carbons (Fsp3) is 0.125. The van der Waals surface area contributed by atoms with Crippen LogP contribution in [0.15, 0.2) is 29.2 Å². The van der Waals surface area contributed by atoms with E-state index >= 15 is 0 Å². The quantitative estimate of drug-likeness (QED) is 0.326. The number of benzene rings is 1. The number of amides is 1. The second kappa shape index (κ2) is 4.74. The van der Waals surface area contributed by atoms with E-state index in [1.165, 1.54) is 0 Å². The van der Waals surface area contributed by atoms with E-state index in [0.717, 1.165) is 22.4 Å². The van der Waals surface area contributed by atoms with Gasteiger partial charge in [0.1, 0.15) is 5.75 Å². The highest BCUT2D eigenvalue weighted by atomic mass is 32.2. The summed E-state index contributed by atoms with van der Waals surface area (Å²) in [6, 6.07) is 7.15. The first-order valence-electron chi connectivity index (χ1n) is 3.58. The number of nitrogens with two attached hydrogens (primary N) is 1. The van der Waals surface area contributed by atoms with Crippen molar-refractivity contribution in [1.29, 1.82) is 0 Å². The molecule has 0 fully saturated rings. The number of carbonyl (C=O) groups excluding carboxylic acids is 1. The third kappa shape index (κ3) is 2.96. The number of carbonyl (C=O) groups is 1. The minimum Gasteiger partial charge on any atom is -0.497 e. The van der Waals surface area contributed by atoms with E-state index in [1.807, 2.05) is 5.43 Å². The van der Waals surface area contributed by atoms with Crippen LogP contribution in [0.1, 0.15) is 0 Å². The molecular weight excluding hydrogens is 188 g/mol. The van der Waals surface area contributed by atoms with Gasteiger partial charge >= 0.3 is 0 Å². The number of nitrogens with one attached hydrogen (secondary N) is 1. The molecule has 0 bridgehead atoms. The van der Waals surface area contributed by atoms with Gasteiger partial charge in [-0.1, -0.05) is 0 Å². The maximum atomic E-state index is 10.8. The number of rotatable bonds is 2. The first kappa shape index (κ1) is 9.88. The molecule has 0 atom stereocenters. The van der Waals surface area contributed by atoms with Gasteiger partial charge < -0.3 is 4.74 Å². The van der Waals surface area contributed by atoms with Gasteiger partial charge in [0.15, 0.2) is 0 Å². The Morgan fingerprint density at radius 1 is 1.46 bits per heavy atom. The molecule has 70 valence electrons. The zero-order valence-electron chi connectivity index (χ0n) is 7.11. The van der Waals surface area contributed by atoms with Crippen LogP contribution in [-0.2, 0) is 0 Å². The molecule has 0 heterocycles. The van der Waals surface area contributed by atoms with Crippen molar-refractivity contribution in [2.45, 2.75) is 4.90 Å². The van der Waals surface area contributed by atoms with Crippen molar-refractivity contribution in [3.63, 3.8) is 0 Å². The Morgan fingerprint density at radius 3 is 2.54 bits per heavy atom. The lowest BCUT2D eigenvalue weighted by Gasteiger charge is -2.01. The molecule has 5 heteroatoms. The van der Waals surface area contributed by atoms with Crippen molar-refractivity contribution in [3.05, 3.63) is 24.3 Å². The Balaban J connectivity index is 2.64. The van der Waals surface area contributed by atoms with Crippen molar-refractivity contribution >= 4 is 17.0 Å². The van der Waals surface area contributed by atoms with E-state index in [4.69, 9.17) is 10.6 Å². The molecule has 0 unspecified atom stereocenters. The second-order valence-electron chi connectivity index (χ2n) is 2.21. The number of methoxy groups -OCH3 is 1. The second-order valence-corrected chi connectivity index (χ2v) is 3.26. The van der Waals surface area contributed by atoms with E-state index in [1.54, 1.807) is 31.4 Å². The summed E-state index contributed by atoms with van der Waals surface area (Å²) in [6.45, 7) is 0. The van der Waals surface area contributed by atoms with Crippen molar-refractivity contribution < 1.29 is 9.53 Å². The zero-order chi connectivity index (χ0) is 9.68. The smallest absolute Gasteiger partial charge is 0.297 e. The molecule has 0 aromatic heterocycles. The first-order valence-corrected chi connectivity index (χ1v) is 4.40. The van der Waals surface area contributed by atoms with Crippen LogP contribution in [0.5, 0.6) is 5.75 Å². The molecule has 0 aliphatic heterocycles. The molecule has 0 saturated heterocycles. The third-order valence-electron chi connectivity index (χ3n) is 1.39. The normalized spacial score (nSPS) is 9.38.